The molecule has 0 aliphatic heterocycles. The number of rotatable bonds is 3. The highest BCUT2D eigenvalue weighted by molar-refractivity contribution is 5.19. The summed E-state index contributed by atoms with van der Waals surface area (Å²) < 4.78 is 0. The van der Waals surface area contributed by atoms with Crippen LogP contribution in [0.1, 0.15) is 20.8 Å². The van der Waals surface area contributed by atoms with Gasteiger partial charge < -0.3 is 5.32 Å². The van der Waals surface area contributed by atoms with Crippen LogP contribution >= 0.6 is 0 Å². The molecule has 0 aliphatic rings. The van der Waals surface area contributed by atoms with Crippen molar-refractivity contribution in [2.75, 3.05) is 7.05 Å². The molecule has 0 heterocycles. The van der Waals surface area contributed by atoms with Gasteiger partial charge >= 0.3 is 0 Å². The van der Waals surface area contributed by atoms with E-state index in [1.165, 1.54) is 0 Å². The number of likely N-dealkylation sites (N-methyl/N-ethyl adjacent to an activating group) is 1. The smallest absolute Gasteiger partial charge is 0.0331 e. The molecule has 0 amide bonds. The lowest BCUT2D eigenvalue weighted by Crippen LogP contribution is -2.01. The first-order valence-electron chi connectivity index (χ1n) is 3.98. The van der Waals surface area contributed by atoms with Gasteiger partial charge in [0.25, 0.3) is 0 Å². The van der Waals surface area contributed by atoms with Crippen molar-refractivity contribution in [2.45, 2.75) is 20.8 Å². The van der Waals surface area contributed by atoms with Crippen LogP contribution in [-0.2, 0) is 0 Å². The maximum absolute atomic E-state index is 3.62. The van der Waals surface area contributed by atoms with Crippen LogP contribution < -0.4 is 5.32 Å². The fraction of sp³-hybridized carbons (Fsp3) is 0.400. The summed E-state index contributed by atoms with van der Waals surface area (Å²) in [7, 11) is 1.87. The van der Waals surface area contributed by atoms with Gasteiger partial charge in [0, 0.05) is 12.7 Å². The summed E-state index contributed by atoms with van der Waals surface area (Å²) >= 11 is 0. The molecule has 0 atom stereocenters. The van der Waals surface area contributed by atoms with Gasteiger partial charge in [0.2, 0.25) is 0 Å². The largest absolute Gasteiger partial charge is 0.388 e. The molecular weight excluding hydrogens is 134 g/mol. The van der Waals surface area contributed by atoms with Crippen LogP contribution in [0.3, 0.4) is 0 Å². The molecule has 0 aliphatic carbocycles. The second-order valence-corrected chi connectivity index (χ2v) is 1.60. The third-order valence-corrected chi connectivity index (χ3v) is 0.977. The molecule has 0 radical (unpaired) electrons. The van der Waals surface area contributed by atoms with Gasteiger partial charge in [-0.05, 0) is 19.1 Å². The minimum Gasteiger partial charge on any atom is -0.388 e. The Morgan fingerprint density at radius 1 is 1.36 bits per heavy atom. The summed E-state index contributed by atoms with van der Waals surface area (Å²) in [5, 5.41) is 2.98. The van der Waals surface area contributed by atoms with E-state index in [0.29, 0.717) is 0 Å². The standard InChI is InChI=1S/C8H13N.C2H6/c1-4-6-7-8(5-2)9-3;1-2/h4-7,9H,2H2,1,3H3;1-2H3/b6-4-,8-7+;. The summed E-state index contributed by atoms with van der Waals surface area (Å²) in [4.78, 5) is 0. The van der Waals surface area contributed by atoms with E-state index >= 15 is 0 Å². The van der Waals surface area contributed by atoms with E-state index in [0.717, 1.165) is 5.70 Å². The Morgan fingerprint density at radius 2 is 1.91 bits per heavy atom. The second-order valence-electron chi connectivity index (χ2n) is 1.60. The third-order valence-electron chi connectivity index (χ3n) is 0.977. The molecule has 0 rings (SSSR count). The highest BCUT2D eigenvalue weighted by Crippen LogP contribution is 1.87. The van der Waals surface area contributed by atoms with Crippen LogP contribution in [0.5, 0.6) is 0 Å². The first-order valence-corrected chi connectivity index (χ1v) is 3.98. The van der Waals surface area contributed by atoms with Gasteiger partial charge in [0.05, 0.1) is 0 Å². The van der Waals surface area contributed by atoms with E-state index < -0.39 is 0 Å². The molecule has 0 aromatic rings. The number of allylic oxidation sites excluding steroid dienone is 4. The number of nitrogens with one attached hydrogen (secondary N) is 1. The van der Waals surface area contributed by atoms with Crippen LogP contribution in [0, 0.1) is 0 Å². The molecule has 1 nitrogen and oxygen atoms in total. The average Bonchev–Trinajstić information content (AvgIpc) is 2.10. The normalized spacial score (nSPS) is 10.4. The van der Waals surface area contributed by atoms with Crippen LogP contribution in [0.25, 0.3) is 0 Å². The predicted molar refractivity (Wildman–Crippen MR) is 53.5 cm³/mol. The van der Waals surface area contributed by atoms with E-state index in [4.69, 9.17) is 0 Å². The van der Waals surface area contributed by atoms with Crippen molar-refractivity contribution in [1.29, 1.82) is 0 Å². The highest BCUT2D eigenvalue weighted by Gasteiger charge is 1.77. The van der Waals surface area contributed by atoms with E-state index in [2.05, 4.69) is 11.9 Å². The second kappa shape index (κ2) is 11.8. The van der Waals surface area contributed by atoms with Crippen molar-refractivity contribution < 1.29 is 0 Å². The quantitative estimate of drug-likeness (QED) is 0.615. The molecule has 0 saturated heterocycles. The maximum Gasteiger partial charge on any atom is 0.0331 e. The fourth-order valence-corrected chi connectivity index (χ4v) is 0.453. The summed E-state index contributed by atoms with van der Waals surface area (Å²) in [6.45, 7) is 9.60. The van der Waals surface area contributed by atoms with Crippen molar-refractivity contribution in [3.8, 4) is 0 Å². The van der Waals surface area contributed by atoms with E-state index in [1.807, 2.05) is 46.0 Å². The monoisotopic (exact) mass is 153 g/mol. The van der Waals surface area contributed by atoms with Crippen LogP contribution in [0.2, 0.25) is 0 Å². The highest BCUT2D eigenvalue weighted by atomic mass is 14.8. The predicted octanol–water partition coefficient (Wildman–Crippen LogP) is 2.88. The Balaban J connectivity index is 0. The van der Waals surface area contributed by atoms with Crippen LogP contribution in [-0.4, -0.2) is 7.05 Å². The average molecular weight is 153 g/mol. The number of hydrogen-bond acceptors (Lipinski definition) is 1. The Bertz CT molecular complexity index is 132. The summed E-state index contributed by atoms with van der Waals surface area (Å²) in [6.07, 6.45) is 7.68. The zero-order valence-electron chi connectivity index (χ0n) is 8.02. The SMILES string of the molecule is C=C/C(=C\C=C/C)NC.CC. The minimum absolute atomic E-state index is 1.04. The minimum atomic E-state index is 1.04. The fourth-order valence-electron chi connectivity index (χ4n) is 0.453. The molecule has 1 N–H and O–H groups in total. The van der Waals surface area contributed by atoms with Gasteiger partial charge in [-0.3, -0.25) is 0 Å². The molecule has 0 saturated carbocycles. The molecule has 11 heavy (non-hydrogen) atoms. The Hall–Kier alpha value is -0.980. The van der Waals surface area contributed by atoms with Gasteiger partial charge in [-0.25, -0.2) is 0 Å². The molecule has 0 fully saturated rings. The van der Waals surface area contributed by atoms with Crippen molar-refractivity contribution in [1.82, 2.24) is 5.32 Å². The van der Waals surface area contributed by atoms with Crippen molar-refractivity contribution in [3.63, 3.8) is 0 Å². The topological polar surface area (TPSA) is 12.0 Å². The lowest BCUT2D eigenvalue weighted by molar-refractivity contribution is 1.03. The lowest BCUT2D eigenvalue weighted by atomic mass is 10.3. The van der Waals surface area contributed by atoms with Crippen LogP contribution in [0.4, 0.5) is 0 Å². The Labute approximate surface area is 70.5 Å². The molecule has 0 aromatic carbocycles. The molecule has 0 bridgehead atoms. The van der Waals surface area contributed by atoms with Gasteiger partial charge in [-0.2, -0.15) is 0 Å². The van der Waals surface area contributed by atoms with Crippen molar-refractivity contribution in [2.24, 2.45) is 0 Å². The van der Waals surface area contributed by atoms with Gasteiger partial charge in [0.15, 0.2) is 0 Å². The van der Waals surface area contributed by atoms with Gasteiger partial charge in [0.1, 0.15) is 0 Å². The Kier molecular flexibility index (Phi) is 13.6. The maximum atomic E-state index is 3.62. The van der Waals surface area contributed by atoms with Crippen molar-refractivity contribution in [3.05, 3.63) is 36.6 Å². The number of hydrogen-bond donors (Lipinski definition) is 1. The molecule has 1 heteroatoms. The van der Waals surface area contributed by atoms with Crippen molar-refractivity contribution >= 4 is 0 Å². The van der Waals surface area contributed by atoms with Gasteiger partial charge in [-0.1, -0.05) is 32.6 Å². The lowest BCUT2D eigenvalue weighted by Gasteiger charge is -1.94. The zero-order chi connectivity index (χ0) is 9.11. The first-order chi connectivity index (χ1) is 5.35. The van der Waals surface area contributed by atoms with E-state index in [1.54, 1.807) is 6.08 Å². The van der Waals surface area contributed by atoms with E-state index in [-0.39, 0.29) is 0 Å². The summed E-state index contributed by atoms with van der Waals surface area (Å²) in [5.74, 6) is 0. The van der Waals surface area contributed by atoms with E-state index in [9.17, 15) is 0 Å². The summed E-state index contributed by atoms with van der Waals surface area (Å²) in [5.41, 5.74) is 1.04. The zero-order valence-corrected chi connectivity index (χ0v) is 8.02. The third kappa shape index (κ3) is 9.02. The summed E-state index contributed by atoms with van der Waals surface area (Å²) in [6, 6.07) is 0. The molecule has 0 spiro atoms. The molecule has 0 unspecified atom stereocenters. The molecule has 0 aromatic heterocycles. The molecule has 64 valence electrons. The molecular formula is C10H19N. The Morgan fingerprint density at radius 3 is 2.18 bits per heavy atom. The van der Waals surface area contributed by atoms with Crippen LogP contribution in [0.15, 0.2) is 36.6 Å². The van der Waals surface area contributed by atoms with Gasteiger partial charge in [-0.15, -0.1) is 0 Å². The first kappa shape index (κ1) is 12.7.